The minimum absolute atomic E-state index is 0.0260. The molecule has 0 saturated heterocycles. The standard InChI is InChI=1S/C15H16N6.C8H13N.C3H6F2/c1-9(2)18-12-4-5-13(19-10(12)3)11-6-7-21-14(11)8-17-15(16)20-21;1-8(7-9)5-3-2-4-6-8;1-2-3(4)5/h4-8H,1-3H3,(H2,16,20);2-6H2,1H3;3H,2H2,1H3. The molecule has 1 aliphatic carbocycles. The van der Waals surface area contributed by atoms with Crippen molar-refractivity contribution in [3.8, 4) is 17.3 Å². The molecule has 0 aromatic carbocycles. The molecule has 3 heterocycles. The zero-order valence-corrected chi connectivity index (χ0v) is 21.2. The Morgan fingerprint density at radius 3 is 2.40 bits per heavy atom. The van der Waals surface area contributed by atoms with E-state index in [1.807, 2.05) is 45.2 Å². The van der Waals surface area contributed by atoms with Crippen LogP contribution in [0.2, 0.25) is 0 Å². The highest BCUT2D eigenvalue weighted by Gasteiger charge is 2.25. The normalized spacial score (nSPS) is 14.3. The molecule has 3 aromatic rings. The third-order valence-corrected chi connectivity index (χ3v) is 5.65. The highest BCUT2D eigenvalue weighted by Crippen LogP contribution is 2.34. The molecular weight excluding hydrogens is 448 g/mol. The molecule has 0 amide bonds. The van der Waals surface area contributed by atoms with Gasteiger partial charge in [-0.15, -0.1) is 5.10 Å². The van der Waals surface area contributed by atoms with Crippen molar-refractivity contribution >= 4 is 22.9 Å². The van der Waals surface area contributed by atoms with E-state index >= 15 is 0 Å². The summed E-state index contributed by atoms with van der Waals surface area (Å²) in [6.45, 7) is 9.42. The van der Waals surface area contributed by atoms with Crippen molar-refractivity contribution in [2.45, 2.75) is 79.6 Å². The quantitative estimate of drug-likeness (QED) is 0.406. The van der Waals surface area contributed by atoms with Crippen molar-refractivity contribution in [3.05, 3.63) is 36.3 Å². The van der Waals surface area contributed by atoms with Crippen molar-refractivity contribution < 1.29 is 8.78 Å². The third kappa shape index (κ3) is 8.39. The van der Waals surface area contributed by atoms with Gasteiger partial charge in [0.05, 0.1) is 40.3 Å². The number of fused-ring (bicyclic) bond motifs is 1. The molecule has 0 bridgehead atoms. The van der Waals surface area contributed by atoms with Crippen molar-refractivity contribution in [2.75, 3.05) is 5.73 Å². The summed E-state index contributed by atoms with van der Waals surface area (Å²) in [6.07, 6.45) is 7.48. The van der Waals surface area contributed by atoms with Gasteiger partial charge in [-0.25, -0.2) is 18.3 Å². The van der Waals surface area contributed by atoms with Gasteiger partial charge in [-0.1, -0.05) is 26.2 Å². The highest BCUT2D eigenvalue weighted by molar-refractivity contribution is 5.83. The number of alkyl halides is 2. The molecule has 188 valence electrons. The predicted octanol–water partition coefficient (Wildman–Crippen LogP) is 6.94. The predicted molar refractivity (Wildman–Crippen MR) is 137 cm³/mol. The number of hydrogen-bond acceptors (Lipinski definition) is 6. The summed E-state index contributed by atoms with van der Waals surface area (Å²) in [5.41, 5.74) is 11.1. The van der Waals surface area contributed by atoms with Crippen LogP contribution >= 0.6 is 0 Å². The van der Waals surface area contributed by atoms with Crippen LogP contribution in [0.15, 0.2) is 35.6 Å². The molecule has 7 nitrogen and oxygen atoms in total. The Hall–Kier alpha value is -3.41. The van der Waals surface area contributed by atoms with Crippen LogP contribution in [-0.2, 0) is 0 Å². The van der Waals surface area contributed by atoms with Gasteiger partial charge >= 0.3 is 0 Å². The largest absolute Gasteiger partial charge is 0.367 e. The second-order valence-electron chi connectivity index (χ2n) is 9.07. The number of rotatable bonds is 3. The topological polar surface area (TPSA) is 105 Å². The van der Waals surface area contributed by atoms with Crippen molar-refractivity contribution in [1.82, 2.24) is 19.6 Å². The van der Waals surface area contributed by atoms with Crippen LogP contribution in [0.3, 0.4) is 0 Å². The van der Waals surface area contributed by atoms with Gasteiger partial charge in [-0.05, 0) is 58.7 Å². The van der Waals surface area contributed by atoms with Gasteiger partial charge in [0.15, 0.2) is 0 Å². The number of hydrogen-bond donors (Lipinski definition) is 1. The van der Waals surface area contributed by atoms with Gasteiger partial charge in [-0.2, -0.15) is 5.26 Å². The Balaban J connectivity index is 0.000000255. The lowest BCUT2D eigenvalue weighted by Crippen LogP contribution is -2.16. The lowest BCUT2D eigenvalue weighted by molar-refractivity contribution is 0.144. The number of aliphatic imine (C=N–C) groups is 1. The minimum atomic E-state index is -2.12. The zero-order valence-electron chi connectivity index (χ0n) is 21.2. The van der Waals surface area contributed by atoms with Crippen molar-refractivity contribution in [1.29, 1.82) is 5.26 Å². The molecule has 35 heavy (non-hydrogen) atoms. The molecule has 1 aliphatic rings. The zero-order chi connectivity index (χ0) is 26.0. The average molecular weight is 484 g/mol. The molecule has 0 radical (unpaired) electrons. The molecule has 4 rings (SSSR count). The van der Waals surface area contributed by atoms with E-state index in [1.165, 1.54) is 26.2 Å². The van der Waals surface area contributed by atoms with Crippen molar-refractivity contribution in [3.63, 3.8) is 0 Å². The first kappa shape index (κ1) is 27.8. The summed E-state index contributed by atoms with van der Waals surface area (Å²) in [7, 11) is 0. The highest BCUT2D eigenvalue weighted by atomic mass is 19.3. The van der Waals surface area contributed by atoms with Gasteiger partial charge in [0.25, 0.3) is 0 Å². The number of anilines is 1. The second kappa shape index (κ2) is 12.9. The summed E-state index contributed by atoms with van der Waals surface area (Å²) in [5.74, 6) is 0.247. The van der Waals surface area contributed by atoms with E-state index in [0.717, 1.165) is 46.7 Å². The number of nitrogen functional groups attached to an aromatic ring is 1. The first-order chi connectivity index (χ1) is 16.6. The van der Waals surface area contributed by atoms with Crippen LogP contribution < -0.4 is 5.73 Å². The summed E-state index contributed by atoms with van der Waals surface area (Å²) in [5, 5.41) is 12.8. The molecular formula is C26H35F2N7. The number of halogens is 2. The average Bonchev–Trinajstić information content (AvgIpc) is 3.24. The summed E-state index contributed by atoms with van der Waals surface area (Å²) in [6, 6.07) is 8.28. The number of nitriles is 1. The Morgan fingerprint density at radius 1 is 1.23 bits per heavy atom. The summed E-state index contributed by atoms with van der Waals surface area (Å²) < 4.78 is 23.2. The maximum Gasteiger partial charge on any atom is 0.238 e. The monoisotopic (exact) mass is 483 g/mol. The van der Waals surface area contributed by atoms with Crippen LogP contribution in [0, 0.1) is 23.7 Å². The van der Waals surface area contributed by atoms with E-state index in [9.17, 15) is 8.78 Å². The number of nitrogens with zero attached hydrogens (tertiary/aromatic N) is 6. The first-order valence-corrected chi connectivity index (χ1v) is 11.9. The van der Waals surface area contributed by atoms with E-state index in [2.05, 4.69) is 33.1 Å². The number of aryl methyl sites for hydroxylation is 1. The van der Waals surface area contributed by atoms with Crippen LogP contribution in [-0.4, -0.2) is 31.7 Å². The molecule has 0 spiro atoms. The fourth-order valence-corrected chi connectivity index (χ4v) is 3.64. The van der Waals surface area contributed by atoms with E-state index in [0.29, 0.717) is 0 Å². The number of aromatic nitrogens is 4. The Kier molecular flexibility index (Phi) is 10.2. The van der Waals surface area contributed by atoms with Crippen LogP contribution in [0.25, 0.3) is 16.8 Å². The fraction of sp³-hybridized carbons (Fsp3) is 0.500. The van der Waals surface area contributed by atoms with E-state index < -0.39 is 6.43 Å². The number of nitrogens with two attached hydrogens (primary N) is 1. The van der Waals surface area contributed by atoms with Gasteiger partial charge < -0.3 is 5.73 Å². The smallest absolute Gasteiger partial charge is 0.238 e. The van der Waals surface area contributed by atoms with Crippen molar-refractivity contribution in [2.24, 2.45) is 10.4 Å². The SMILES string of the molecule is CC(C)=Nc1ccc(-c2ccn3nc(N)ncc23)nc1C.CC1(C#N)CCCCC1.CCC(F)F. The summed E-state index contributed by atoms with van der Waals surface area (Å²) >= 11 is 0. The Labute approximate surface area is 206 Å². The van der Waals surface area contributed by atoms with Gasteiger partial charge in [0, 0.05) is 23.9 Å². The molecule has 9 heteroatoms. The molecule has 0 unspecified atom stereocenters. The molecule has 0 atom stereocenters. The molecule has 2 N–H and O–H groups in total. The van der Waals surface area contributed by atoms with E-state index in [4.69, 9.17) is 11.0 Å². The van der Waals surface area contributed by atoms with Crippen LogP contribution in [0.1, 0.15) is 71.9 Å². The third-order valence-electron chi connectivity index (χ3n) is 5.65. The van der Waals surface area contributed by atoms with E-state index in [1.54, 1.807) is 10.7 Å². The second-order valence-corrected chi connectivity index (χ2v) is 9.07. The Bertz CT molecular complexity index is 1170. The number of pyridine rings is 1. The molecule has 0 aliphatic heterocycles. The van der Waals surface area contributed by atoms with Gasteiger partial charge in [0.1, 0.15) is 0 Å². The maximum absolute atomic E-state index is 10.8. The molecule has 3 aromatic heterocycles. The lowest BCUT2D eigenvalue weighted by Gasteiger charge is -2.25. The van der Waals surface area contributed by atoms with Crippen LogP contribution in [0.5, 0.6) is 0 Å². The van der Waals surface area contributed by atoms with Gasteiger partial charge in [0.2, 0.25) is 12.4 Å². The Morgan fingerprint density at radius 2 is 1.89 bits per heavy atom. The molecule has 1 fully saturated rings. The maximum atomic E-state index is 10.8. The molecule has 1 saturated carbocycles. The van der Waals surface area contributed by atoms with E-state index in [-0.39, 0.29) is 17.8 Å². The summed E-state index contributed by atoms with van der Waals surface area (Å²) in [4.78, 5) is 13.1. The fourth-order valence-electron chi connectivity index (χ4n) is 3.64. The first-order valence-electron chi connectivity index (χ1n) is 11.9. The van der Waals surface area contributed by atoms with Crippen LogP contribution in [0.4, 0.5) is 20.4 Å². The lowest BCUT2D eigenvalue weighted by atomic mass is 9.77. The van der Waals surface area contributed by atoms with Gasteiger partial charge in [-0.3, -0.25) is 9.98 Å². The minimum Gasteiger partial charge on any atom is -0.367 e.